The molecule has 1 aromatic rings. The van der Waals surface area contributed by atoms with Crippen molar-refractivity contribution in [2.45, 2.75) is 50.7 Å². The van der Waals surface area contributed by atoms with E-state index in [-0.39, 0.29) is 24.1 Å². The van der Waals surface area contributed by atoms with E-state index in [4.69, 9.17) is 10.6 Å². The quantitative estimate of drug-likeness (QED) is 0.623. The van der Waals surface area contributed by atoms with E-state index in [9.17, 15) is 8.78 Å². The zero-order valence-corrected chi connectivity index (χ0v) is 11.6. The minimum atomic E-state index is -0.515. The van der Waals surface area contributed by atoms with Gasteiger partial charge in [0.25, 0.3) is 0 Å². The molecule has 0 spiro atoms. The van der Waals surface area contributed by atoms with E-state index < -0.39 is 11.6 Å². The van der Waals surface area contributed by atoms with Gasteiger partial charge in [0.1, 0.15) is 11.6 Å². The second-order valence-corrected chi connectivity index (χ2v) is 5.33. The van der Waals surface area contributed by atoms with E-state index in [1.54, 1.807) is 0 Å². The molecule has 1 aliphatic heterocycles. The summed E-state index contributed by atoms with van der Waals surface area (Å²) >= 11 is 0. The first-order chi connectivity index (χ1) is 9.70. The van der Waals surface area contributed by atoms with Gasteiger partial charge in [-0.15, -0.1) is 0 Å². The van der Waals surface area contributed by atoms with Crippen molar-refractivity contribution < 1.29 is 13.5 Å². The molecule has 0 aliphatic carbocycles. The summed E-state index contributed by atoms with van der Waals surface area (Å²) < 4.78 is 32.9. The van der Waals surface area contributed by atoms with Crippen LogP contribution in [-0.2, 0) is 11.2 Å². The van der Waals surface area contributed by atoms with E-state index in [2.05, 4.69) is 5.43 Å². The van der Waals surface area contributed by atoms with Gasteiger partial charge in [-0.05, 0) is 50.7 Å². The number of hydrogen-bond acceptors (Lipinski definition) is 3. The van der Waals surface area contributed by atoms with Crippen molar-refractivity contribution in [1.82, 2.24) is 5.43 Å². The van der Waals surface area contributed by atoms with Crippen molar-refractivity contribution in [1.29, 1.82) is 0 Å². The Labute approximate surface area is 118 Å². The Kier molecular flexibility index (Phi) is 5.88. The Morgan fingerprint density at radius 3 is 2.65 bits per heavy atom. The maximum atomic E-state index is 13.6. The maximum Gasteiger partial charge on any atom is 0.129 e. The molecule has 5 heteroatoms. The highest BCUT2D eigenvalue weighted by molar-refractivity contribution is 5.20. The Balaban J connectivity index is 1.88. The van der Waals surface area contributed by atoms with Crippen LogP contribution in [0.1, 0.15) is 37.7 Å². The number of halogens is 2. The minimum absolute atomic E-state index is 0.0972. The monoisotopic (exact) mass is 284 g/mol. The average molecular weight is 284 g/mol. The van der Waals surface area contributed by atoms with Gasteiger partial charge in [0.2, 0.25) is 0 Å². The lowest BCUT2D eigenvalue weighted by molar-refractivity contribution is 0.00856. The second kappa shape index (κ2) is 7.67. The normalized spacial score (nSPS) is 20.9. The van der Waals surface area contributed by atoms with Crippen molar-refractivity contribution in [3.05, 3.63) is 35.4 Å². The minimum Gasteiger partial charge on any atom is -0.378 e. The van der Waals surface area contributed by atoms with E-state index >= 15 is 0 Å². The van der Waals surface area contributed by atoms with Gasteiger partial charge in [0, 0.05) is 18.2 Å². The van der Waals surface area contributed by atoms with Gasteiger partial charge in [0.05, 0.1) is 6.10 Å². The largest absolute Gasteiger partial charge is 0.378 e. The van der Waals surface area contributed by atoms with Crippen LogP contribution in [0.5, 0.6) is 0 Å². The molecule has 112 valence electrons. The van der Waals surface area contributed by atoms with Gasteiger partial charge < -0.3 is 4.74 Å². The molecular weight excluding hydrogens is 262 g/mol. The zero-order chi connectivity index (χ0) is 14.4. The number of ether oxygens (including phenoxy) is 1. The van der Waals surface area contributed by atoms with Crippen molar-refractivity contribution in [2.75, 3.05) is 6.61 Å². The molecule has 0 radical (unpaired) electrons. The molecule has 2 rings (SSSR count). The van der Waals surface area contributed by atoms with Crippen LogP contribution in [0.4, 0.5) is 8.78 Å². The fourth-order valence-corrected chi connectivity index (χ4v) is 2.64. The Morgan fingerprint density at radius 2 is 2.05 bits per heavy atom. The first kappa shape index (κ1) is 15.4. The first-order valence-corrected chi connectivity index (χ1v) is 7.21. The lowest BCUT2D eigenvalue weighted by Gasteiger charge is -2.24. The van der Waals surface area contributed by atoms with Gasteiger partial charge in [0.15, 0.2) is 0 Å². The van der Waals surface area contributed by atoms with Crippen LogP contribution in [0.2, 0.25) is 0 Å². The summed E-state index contributed by atoms with van der Waals surface area (Å²) in [6, 6.07) is 3.77. The molecule has 1 aliphatic rings. The average Bonchev–Trinajstić information content (AvgIpc) is 2.47. The van der Waals surface area contributed by atoms with Crippen molar-refractivity contribution >= 4 is 0 Å². The molecular formula is C15H22F2N2O. The van der Waals surface area contributed by atoms with Gasteiger partial charge in [-0.2, -0.15) is 0 Å². The molecule has 20 heavy (non-hydrogen) atoms. The third kappa shape index (κ3) is 4.23. The number of nitrogens with two attached hydrogens (primary N) is 1. The smallest absolute Gasteiger partial charge is 0.129 e. The molecule has 0 amide bonds. The highest BCUT2D eigenvalue weighted by atomic mass is 19.1. The fraction of sp³-hybridized carbons (Fsp3) is 0.600. The summed E-state index contributed by atoms with van der Waals surface area (Å²) in [4.78, 5) is 0. The predicted molar refractivity (Wildman–Crippen MR) is 74.0 cm³/mol. The van der Waals surface area contributed by atoms with Crippen LogP contribution in [0.15, 0.2) is 18.2 Å². The molecule has 2 unspecified atom stereocenters. The van der Waals surface area contributed by atoms with Gasteiger partial charge >= 0.3 is 0 Å². The van der Waals surface area contributed by atoms with Gasteiger partial charge in [-0.1, -0.05) is 6.07 Å². The molecule has 0 saturated carbocycles. The predicted octanol–water partition coefficient (Wildman–Crippen LogP) is 2.69. The Hall–Kier alpha value is -1.04. The summed E-state index contributed by atoms with van der Waals surface area (Å²) in [6.45, 7) is 0.813. The van der Waals surface area contributed by atoms with Crippen LogP contribution in [0.25, 0.3) is 0 Å². The molecule has 1 aromatic carbocycles. The SMILES string of the molecule is NNC(CCC1CCCCO1)Cc1c(F)cccc1F. The summed E-state index contributed by atoms with van der Waals surface area (Å²) in [5.41, 5.74) is 2.75. The molecule has 3 nitrogen and oxygen atoms in total. The highest BCUT2D eigenvalue weighted by Gasteiger charge is 2.18. The Bertz CT molecular complexity index is 402. The third-order valence-corrected chi connectivity index (χ3v) is 3.86. The summed E-state index contributed by atoms with van der Waals surface area (Å²) in [5, 5.41) is 0. The number of benzene rings is 1. The molecule has 1 fully saturated rings. The van der Waals surface area contributed by atoms with E-state index in [0.717, 1.165) is 32.3 Å². The van der Waals surface area contributed by atoms with Crippen molar-refractivity contribution in [3.63, 3.8) is 0 Å². The summed E-state index contributed by atoms with van der Waals surface area (Å²) in [5.74, 6) is 4.47. The van der Waals surface area contributed by atoms with Crippen LogP contribution >= 0.6 is 0 Å². The number of rotatable bonds is 6. The standard InChI is InChI=1S/C15H22F2N2O/c16-14-5-3-6-15(17)13(14)10-11(19-18)7-8-12-4-1-2-9-20-12/h3,5-6,11-12,19H,1-2,4,7-10,18H2. The number of nitrogens with one attached hydrogen (secondary N) is 1. The molecule has 1 heterocycles. The first-order valence-electron chi connectivity index (χ1n) is 7.21. The zero-order valence-electron chi connectivity index (χ0n) is 11.6. The van der Waals surface area contributed by atoms with E-state index in [1.165, 1.54) is 24.6 Å². The van der Waals surface area contributed by atoms with Gasteiger partial charge in [-0.3, -0.25) is 11.3 Å². The van der Waals surface area contributed by atoms with Crippen LogP contribution in [0.3, 0.4) is 0 Å². The third-order valence-electron chi connectivity index (χ3n) is 3.86. The molecule has 0 bridgehead atoms. The van der Waals surface area contributed by atoms with Crippen molar-refractivity contribution in [2.24, 2.45) is 5.84 Å². The van der Waals surface area contributed by atoms with Gasteiger partial charge in [-0.25, -0.2) is 8.78 Å². The maximum absolute atomic E-state index is 13.6. The second-order valence-electron chi connectivity index (χ2n) is 5.33. The summed E-state index contributed by atoms with van der Waals surface area (Å²) in [7, 11) is 0. The van der Waals surface area contributed by atoms with Crippen LogP contribution in [0, 0.1) is 11.6 Å². The molecule has 3 N–H and O–H groups in total. The van der Waals surface area contributed by atoms with E-state index in [1.807, 2.05) is 0 Å². The Morgan fingerprint density at radius 1 is 1.30 bits per heavy atom. The summed E-state index contributed by atoms with van der Waals surface area (Å²) in [6.07, 6.45) is 5.49. The van der Waals surface area contributed by atoms with E-state index in [0.29, 0.717) is 0 Å². The lowest BCUT2D eigenvalue weighted by atomic mass is 9.97. The molecule has 1 saturated heterocycles. The van der Waals surface area contributed by atoms with Crippen molar-refractivity contribution in [3.8, 4) is 0 Å². The molecule has 0 aromatic heterocycles. The number of hydrogen-bond donors (Lipinski definition) is 2. The molecule has 2 atom stereocenters. The highest BCUT2D eigenvalue weighted by Crippen LogP contribution is 2.20. The fourth-order valence-electron chi connectivity index (χ4n) is 2.64. The topological polar surface area (TPSA) is 47.3 Å². The lowest BCUT2D eigenvalue weighted by Crippen LogP contribution is -2.38. The van der Waals surface area contributed by atoms with Crippen LogP contribution < -0.4 is 11.3 Å². The number of hydrazine groups is 1. The van der Waals surface area contributed by atoms with Crippen LogP contribution in [-0.4, -0.2) is 18.8 Å².